The second-order valence-corrected chi connectivity index (χ2v) is 82.7. The Balaban J connectivity index is 0.000000552. The van der Waals surface area contributed by atoms with E-state index in [1.165, 1.54) is 6.42 Å². The van der Waals surface area contributed by atoms with Crippen molar-refractivity contribution in [2.24, 2.45) is 11.8 Å². The summed E-state index contributed by atoms with van der Waals surface area (Å²) in [5, 5.41) is 12.1. The van der Waals surface area contributed by atoms with Crippen molar-refractivity contribution in [2.75, 3.05) is 20.2 Å². The second-order valence-electron chi connectivity index (χ2n) is 7.17. The molecule has 1 aromatic carbocycles. The molecule has 1 unspecified atom stereocenters. The molecule has 160 valence electrons. The van der Waals surface area contributed by atoms with Crippen LogP contribution in [0.25, 0.3) is 10.9 Å². The summed E-state index contributed by atoms with van der Waals surface area (Å²) in [7, 11) is 0.979. The molecule has 9 heteroatoms. The van der Waals surface area contributed by atoms with Crippen molar-refractivity contribution in [3.05, 3.63) is 48.7 Å². The van der Waals surface area contributed by atoms with Crippen LogP contribution < -0.4 is 4.74 Å². The van der Waals surface area contributed by atoms with Crippen LogP contribution in [0, 0.1) is 11.8 Å². The molecule has 0 saturated carbocycles. The summed E-state index contributed by atoms with van der Waals surface area (Å²) in [5.74, 6) is 2.01. The van der Waals surface area contributed by atoms with Crippen LogP contribution >= 0.6 is 78.1 Å². The number of hydrogen-bond donors (Lipinski definition) is 1. The molecule has 3 saturated heterocycles. The summed E-state index contributed by atoms with van der Waals surface area (Å²) in [6.45, 7) is 6.07. The number of halogens is 4. The average molecular weight is 1040 g/mol. The molecule has 3 fully saturated rings. The molecular formula is C20H25BiI4N2O2. The maximum absolute atomic E-state index is 11.2. The normalized spacial score (nSPS) is 26.3. The Kier molecular flexibility index (Phi) is 12.1. The van der Waals surface area contributed by atoms with Crippen molar-refractivity contribution in [1.29, 1.82) is 0 Å². The molecule has 29 heavy (non-hydrogen) atoms. The molecule has 4 heterocycles. The molecule has 1 N–H and O–H groups in total. The van der Waals surface area contributed by atoms with Crippen LogP contribution in [0.4, 0.5) is 0 Å². The number of aliphatic hydroxyl groups excluding tert-OH is 1. The zero-order chi connectivity index (χ0) is 20.3. The maximum atomic E-state index is 11.2. The third-order valence-electron chi connectivity index (χ3n) is 5.82. The zero-order valence-electron chi connectivity index (χ0n) is 16.0. The predicted octanol–water partition coefficient (Wildman–Crippen LogP) is 6.07. The van der Waals surface area contributed by atoms with E-state index in [0.29, 0.717) is 11.8 Å². The summed E-state index contributed by atoms with van der Waals surface area (Å²) in [5.41, 5.74) is 1.85. The van der Waals surface area contributed by atoms with E-state index in [4.69, 9.17) is 4.74 Å². The van der Waals surface area contributed by atoms with Crippen LogP contribution in [0.15, 0.2) is 43.1 Å². The first-order valence-electron chi connectivity index (χ1n) is 9.19. The topological polar surface area (TPSA) is 45.6 Å². The van der Waals surface area contributed by atoms with Crippen LogP contribution in [0.5, 0.6) is 5.75 Å². The predicted molar refractivity (Wildman–Crippen MR) is 158 cm³/mol. The first kappa shape index (κ1) is 27.1. The summed E-state index contributed by atoms with van der Waals surface area (Å²) >= 11 is 7.56. The summed E-state index contributed by atoms with van der Waals surface area (Å²) in [6, 6.07) is 7.96. The van der Waals surface area contributed by atoms with Crippen LogP contribution in [-0.2, 0) is 0 Å². The van der Waals surface area contributed by atoms with Crippen LogP contribution in [-0.4, -0.2) is 50.4 Å². The Labute approximate surface area is 225 Å². The van der Waals surface area contributed by atoms with Gasteiger partial charge in [0.1, 0.15) is 5.75 Å². The van der Waals surface area contributed by atoms with Gasteiger partial charge in [-0.3, -0.25) is 9.88 Å². The monoisotopic (exact) mass is 1040 g/mol. The van der Waals surface area contributed by atoms with Gasteiger partial charge in [0, 0.05) is 24.2 Å². The molecule has 0 aliphatic carbocycles. The number of hydrogen-bond acceptors (Lipinski definition) is 4. The fourth-order valence-electron chi connectivity index (χ4n) is 4.44. The fourth-order valence-corrected chi connectivity index (χ4v) is 4.44. The van der Waals surface area contributed by atoms with Crippen molar-refractivity contribution in [3.63, 3.8) is 0 Å². The molecule has 5 atom stereocenters. The number of pyridine rings is 1. The molecule has 4 nitrogen and oxygen atoms in total. The second kappa shape index (κ2) is 13.0. The van der Waals surface area contributed by atoms with Gasteiger partial charge in [-0.05, 0) is 61.1 Å². The van der Waals surface area contributed by atoms with Crippen LogP contribution in [0.1, 0.15) is 24.5 Å². The number of piperidine rings is 3. The third kappa shape index (κ3) is 6.94. The van der Waals surface area contributed by atoms with E-state index in [-0.39, 0.29) is 30.0 Å². The van der Waals surface area contributed by atoms with Crippen molar-refractivity contribution >= 4 is 98.2 Å². The Morgan fingerprint density at radius 2 is 2.07 bits per heavy atom. The van der Waals surface area contributed by atoms with Crippen molar-refractivity contribution in [1.82, 2.24) is 9.88 Å². The van der Waals surface area contributed by atoms with Gasteiger partial charge < -0.3 is 9.84 Å². The first-order valence-corrected chi connectivity index (χ1v) is 38.5. The number of nitrogens with zero attached hydrogens (tertiary/aromatic N) is 2. The number of benzene rings is 1. The average Bonchev–Trinajstić information content (AvgIpc) is 2.72. The van der Waals surface area contributed by atoms with Crippen LogP contribution in [0.2, 0.25) is 0 Å². The minimum atomic E-state index is -0.683. The number of ether oxygens (including phenoxy) is 1. The fraction of sp³-hybridized carbons (Fsp3) is 0.450. The SMILES string of the molecule is C=C[C@H]1CN2CC[C@H]1C[C@H]2[C@H](O)c1ccnc2ccc(OC)cc12.I.[I][Bi]([I])[I]. The van der Waals surface area contributed by atoms with Crippen molar-refractivity contribution in [3.8, 4) is 5.75 Å². The van der Waals surface area contributed by atoms with Gasteiger partial charge in [0.2, 0.25) is 0 Å². The van der Waals surface area contributed by atoms with Gasteiger partial charge >= 0.3 is 63.3 Å². The summed E-state index contributed by atoms with van der Waals surface area (Å²) in [6.07, 6.45) is 5.62. The Hall–Kier alpha value is 1.89. The molecule has 2 aromatic rings. The molecule has 1 aromatic heterocycles. The van der Waals surface area contributed by atoms with E-state index >= 15 is 0 Å². The number of rotatable bonds is 4. The van der Waals surface area contributed by atoms with Crippen molar-refractivity contribution < 1.29 is 9.84 Å². The molecule has 5 rings (SSSR count). The van der Waals surface area contributed by atoms with Gasteiger partial charge in [0.15, 0.2) is 0 Å². The summed E-state index contributed by atoms with van der Waals surface area (Å²) in [4.78, 5) is 6.86. The standard InChI is InChI=1S/C20H24N2O2.Bi.4HI/c1-3-13-12-22-9-7-14(13)10-19(22)20(23)16-6-8-21-18-5-4-15(24-2)11-17(16)18;;;;;/h3-6,8,11,13-14,19-20,23H,1,7,9-10,12H2,2H3;;4*1H/q;+3;;;;/p-3/t13-,14-,19-,20+;;;;;/m0...../s1. The Bertz CT molecular complexity index is 823. The molecule has 3 aliphatic heterocycles. The molecular weight excluding hydrogens is 1020 g/mol. The van der Waals surface area contributed by atoms with E-state index in [1.807, 2.05) is 24.3 Å². The number of fused-ring (bicyclic) bond motifs is 4. The summed E-state index contributed by atoms with van der Waals surface area (Å²) < 4.78 is 5.35. The van der Waals surface area contributed by atoms with Crippen molar-refractivity contribution in [2.45, 2.75) is 25.0 Å². The Morgan fingerprint density at radius 1 is 1.34 bits per heavy atom. The van der Waals surface area contributed by atoms with Gasteiger partial charge in [-0.15, -0.1) is 30.6 Å². The molecule has 0 amide bonds. The quantitative estimate of drug-likeness (QED) is 0.230. The molecule has 3 aliphatic rings. The first-order chi connectivity index (χ1) is 13.4. The van der Waals surface area contributed by atoms with E-state index in [1.54, 1.807) is 13.3 Å². The van der Waals surface area contributed by atoms with Gasteiger partial charge in [0.25, 0.3) is 0 Å². The zero-order valence-corrected chi connectivity index (χ0v) is 28.3. The van der Waals surface area contributed by atoms with E-state index in [9.17, 15) is 5.11 Å². The van der Waals surface area contributed by atoms with Gasteiger partial charge in [-0.2, -0.15) is 0 Å². The Morgan fingerprint density at radius 3 is 2.66 bits per heavy atom. The van der Waals surface area contributed by atoms with E-state index in [2.05, 4.69) is 76.7 Å². The van der Waals surface area contributed by atoms with Gasteiger partial charge in [0.05, 0.1) is 18.7 Å². The number of aromatic nitrogens is 1. The minimum absolute atomic E-state index is 0. The molecule has 2 bridgehead atoms. The number of aliphatic hydroxyl groups is 1. The van der Waals surface area contributed by atoms with E-state index in [0.717, 1.165) is 41.7 Å². The van der Waals surface area contributed by atoms with Gasteiger partial charge in [-0.1, -0.05) is 6.08 Å². The van der Waals surface area contributed by atoms with Crippen LogP contribution in [0.3, 0.4) is 0 Å². The third-order valence-corrected chi connectivity index (χ3v) is 5.82. The van der Waals surface area contributed by atoms with Gasteiger partial charge in [-0.25, -0.2) is 0 Å². The van der Waals surface area contributed by atoms with E-state index < -0.39 is 15.3 Å². The molecule has 0 spiro atoms. The molecule has 0 radical (unpaired) electrons. The number of methoxy groups -OCH3 is 1.